The molecule has 0 radical (unpaired) electrons. The minimum absolute atomic E-state index is 0.0839. The molecule has 180 valence electrons. The summed E-state index contributed by atoms with van der Waals surface area (Å²) < 4.78 is 21.3. The monoisotopic (exact) mass is 500 g/mol. The lowest BCUT2D eigenvalue weighted by atomic mass is 9.95. The van der Waals surface area contributed by atoms with E-state index >= 15 is 4.39 Å². The van der Waals surface area contributed by atoms with Crippen molar-refractivity contribution in [2.24, 2.45) is 0 Å². The van der Waals surface area contributed by atoms with E-state index in [-0.39, 0.29) is 16.3 Å². The van der Waals surface area contributed by atoms with E-state index in [9.17, 15) is 14.7 Å². The van der Waals surface area contributed by atoms with E-state index in [1.54, 1.807) is 30.3 Å². The predicted molar refractivity (Wildman–Crippen MR) is 138 cm³/mol. The highest BCUT2D eigenvalue weighted by atomic mass is 32.1. The summed E-state index contributed by atoms with van der Waals surface area (Å²) in [7, 11) is 0. The summed E-state index contributed by atoms with van der Waals surface area (Å²) in [4.78, 5) is 32.3. The summed E-state index contributed by atoms with van der Waals surface area (Å²) in [5, 5.41) is 11.1. The normalized spacial score (nSPS) is 15.9. The van der Waals surface area contributed by atoms with Crippen LogP contribution in [0.5, 0.6) is 5.75 Å². The van der Waals surface area contributed by atoms with Crippen molar-refractivity contribution < 1.29 is 23.8 Å². The first-order valence-electron chi connectivity index (χ1n) is 11.3. The van der Waals surface area contributed by atoms with E-state index < -0.39 is 29.3 Å². The maximum absolute atomic E-state index is 15.0. The number of nitrogens with zero attached hydrogens (tertiary/aromatic N) is 2. The summed E-state index contributed by atoms with van der Waals surface area (Å²) in [6.45, 7) is 2.38. The lowest BCUT2D eigenvalue weighted by Crippen LogP contribution is -2.31. The fourth-order valence-electron chi connectivity index (χ4n) is 4.12. The topological polar surface area (TPSA) is 79.7 Å². The third kappa shape index (κ3) is 4.27. The van der Waals surface area contributed by atoms with Crippen LogP contribution in [0.15, 0.2) is 90.2 Å². The van der Waals surface area contributed by atoms with Gasteiger partial charge in [0.05, 0.1) is 22.4 Å². The number of aliphatic hydroxyl groups is 1. The molecule has 36 heavy (non-hydrogen) atoms. The minimum Gasteiger partial charge on any atom is -0.503 e. The van der Waals surface area contributed by atoms with Gasteiger partial charge in [0.1, 0.15) is 17.6 Å². The number of hydrogen-bond acceptors (Lipinski definition) is 6. The summed E-state index contributed by atoms with van der Waals surface area (Å²) in [6, 6.07) is 19.2. The third-order valence-electron chi connectivity index (χ3n) is 5.77. The number of ether oxygens (including phenoxy) is 1. The van der Waals surface area contributed by atoms with E-state index in [0.717, 1.165) is 10.3 Å². The second kappa shape index (κ2) is 9.75. The summed E-state index contributed by atoms with van der Waals surface area (Å²) in [6.07, 6.45) is 2.86. The van der Waals surface area contributed by atoms with Gasteiger partial charge in [-0.3, -0.25) is 14.5 Å². The van der Waals surface area contributed by atoms with Crippen molar-refractivity contribution in [1.29, 1.82) is 0 Å². The first-order valence-corrected chi connectivity index (χ1v) is 12.1. The van der Waals surface area contributed by atoms with Crippen molar-refractivity contribution >= 4 is 44.5 Å². The minimum atomic E-state index is -1.18. The molecule has 0 saturated heterocycles. The molecular formula is C28H21FN2O4S. The average Bonchev–Trinajstić information content (AvgIpc) is 3.41. The Morgan fingerprint density at radius 1 is 1.14 bits per heavy atom. The van der Waals surface area contributed by atoms with Gasteiger partial charge in [-0.15, -0.1) is 0 Å². The SMILES string of the molecule is CCOc1ccc2nc(N3C(=O)C(O)=C(C(=O)C=Cc4ccccc4)C3c3ccccc3F)sc2c1. The standard InChI is InChI=1S/C28H21FN2O4S/c1-2-35-18-13-14-21-23(16-18)36-28(30-21)31-25(19-10-6-7-11-20(19)29)24(26(33)27(31)34)22(32)15-12-17-8-4-3-5-9-17/h3-16,25,33H,2H2,1H3. The molecule has 1 aliphatic rings. The molecule has 0 spiro atoms. The number of amides is 1. The number of rotatable bonds is 7. The Kier molecular flexibility index (Phi) is 6.35. The van der Waals surface area contributed by atoms with Crippen LogP contribution in [-0.2, 0) is 9.59 Å². The molecule has 1 N–H and O–H groups in total. The Morgan fingerprint density at radius 2 is 1.89 bits per heavy atom. The van der Waals surface area contributed by atoms with Gasteiger partial charge in [-0.1, -0.05) is 65.9 Å². The average molecular weight is 501 g/mol. The number of benzene rings is 3. The number of anilines is 1. The molecule has 1 aliphatic heterocycles. The van der Waals surface area contributed by atoms with Crippen LogP contribution >= 0.6 is 11.3 Å². The first kappa shape index (κ1) is 23.4. The van der Waals surface area contributed by atoms with Crippen LogP contribution in [0.4, 0.5) is 9.52 Å². The number of carbonyl (C=O) groups is 2. The number of allylic oxidation sites excluding steroid dienone is 1. The highest BCUT2D eigenvalue weighted by Gasteiger charge is 2.46. The number of halogens is 1. The van der Waals surface area contributed by atoms with Gasteiger partial charge in [0.15, 0.2) is 16.7 Å². The lowest BCUT2D eigenvalue weighted by Gasteiger charge is -2.24. The second-order valence-electron chi connectivity index (χ2n) is 8.03. The number of ketones is 1. The van der Waals surface area contributed by atoms with E-state index in [2.05, 4.69) is 4.98 Å². The second-order valence-corrected chi connectivity index (χ2v) is 9.04. The van der Waals surface area contributed by atoms with Crippen LogP contribution in [0.3, 0.4) is 0 Å². The van der Waals surface area contributed by atoms with Crippen molar-refractivity contribution in [2.45, 2.75) is 13.0 Å². The molecule has 3 aromatic carbocycles. The van der Waals surface area contributed by atoms with Crippen LogP contribution in [-0.4, -0.2) is 28.4 Å². The number of aromatic nitrogens is 1. The van der Waals surface area contributed by atoms with Crippen molar-refractivity contribution in [3.8, 4) is 5.75 Å². The molecule has 0 saturated carbocycles. The highest BCUT2D eigenvalue weighted by molar-refractivity contribution is 7.22. The van der Waals surface area contributed by atoms with Crippen molar-refractivity contribution in [3.05, 3.63) is 107 Å². The number of thiazole rings is 1. The number of aliphatic hydroxyl groups excluding tert-OH is 1. The van der Waals surface area contributed by atoms with Crippen molar-refractivity contribution in [1.82, 2.24) is 4.98 Å². The molecular weight excluding hydrogens is 479 g/mol. The zero-order valence-corrected chi connectivity index (χ0v) is 20.0. The van der Waals surface area contributed by atoms with Gasteiger partial charge in [0.25, 0.3) is 5.91 Å². The van der Waals surface area contributed by atoms with Gasteiger partial charge < -0.3 is 9.84 Å². The highest BCUT2D eigenvalue weighted by Crippen LogP contribution is 2.44. The van der Waals surface area contributed by atoms with E-state index in [0.29, 0.717) is 17.9 Å². The van der Waals surface area contributed by atoms with Gasteiger partial charge in [0.2, 0.25) is 0 Å². The van der Waals surface area contributed by atoms with Crippen molar-refractivity contribution in [3.63, 3.8) is 0 Å². The van der Waals surface area contributed by atoms with Crippen LogP contribution in [0.2, 0.25) is 0 Å². The largest absolute Gasteiger partial charge is 0.503 e. The van der Waals surface area contributed by atoms with E-state index in [1.807, 2.05) is 37.3 Å². The Bertz CT molecular complexity index is 1530. The van der Waals surface area contributed by atoms with Crippen LogP contribution in [0.25, 0.3) is 16.3 Å². The Balaban J connectivity index is 1.60. The molecule has 0 aliphatic carbocycles. The van der Waals surface area contributed by atoms with Gasteiger partial charge in [0, 0.05) is 5.56 Å². The molecule has 4 aromatic rings. The number of fused-ring (bicyclic) bond motifs is 1. The molecule has 0 bridgehead atoms. The Morgan fingerprint density at radius 3 is 2.64 bits per heavy atom. The Labute approximate surface area is 210 Å². The zero-order chi connectivity index (χ0) is 25.2. The van der Waals surface area contributed by atoms with Crippen LogP contribution in [0, 0.1) is 5.82 Å². The fourth-order valence-corrected chi connectivity index (χ4v) is 5.14. The summed E-state index contributed by atoms with van der Waals surface area (Å²) >= 11 is 1.19. The molecule has 2 heterocycles. The van der Waals surface area contributed by atoms with Gasteiger partial charge in [-0.25, -0.2) is 9.37 Å². The first-order chi connectivity index (χ1) is 17.5. The maximum Gasteiger partial charge on any atom is 0.296 e. The van der Waals surface area contributed by atoms with Crippen LogP contribution < -0.4 is 9.64 Å². The molecule has 5 rings (SSSR count). The molecule has 1 amide bonds. The molecule has 1 aromatic heterocycles. The quantitative estimate of drug-likeness (QED) is 0.314. The predicted octanol–water partition coefficient (Wildman–Crippen LogP) is 6.02. The Hall–Kier alpha value is -4.30. The molecule has 1 unspecified atom stereocenters. The fraction of sp³-hybridized carbons (Fsp3) is 0.107. The summed E-state index contributed by atoms with van der Waals surface area (Å²) in [5.74, 6) is -2.09. The van der Waals surface area contributed by atoms with Gasteiger partial charge in [-0.2, -0.15) is 0 Å². The zero-order valence-electron chi connectivity index (χ0n) is 19.2. The molecule has 6 nitrogen and oxygen atoms in total. The number of hydrogen-bond donors (Lipinski definition) is 1. The molecule has 0 fully saturated rings. The van der Waals surface area contributed by atoms with E-state index in [1.165, 1.54) is 40.5 Å². The van der Waals surface area contributed by atoms with Crippen molar-refractivity contribution in [2.75, 3.05) is 11.5 Å². The maximum atomic E-state index is 15.0. The van der Waals surface area contributed by atoms with Crippen LogP contribution in [0.1, 0.15) is 24.1 Å². The lowest BCUT2D eigenvalue weighted by molar-refractivity contribution is -0.117. The summed E-state index contributed by atoms with van der Waals surface area (Å²) in [5.41, 5.74) is 1.26. The number of carbonyl (C=O) groups excluding carboxylic acids is 2. The van der Waals surface area contributed by atoms with Gasteiger partial charge >= 0.3 is 0 Å². The van der Waals surface area contributed by atoms with Gasteiger partial charge in [-0.05, 0) is 42.8 Å². The molecule has 8 heteroatoms. The molecule has 1 atom stereocenters. The van der Waals surface area contributed by atoms with E-state index in [4.69, 9.17) is 4.74 Å². The smallest absolute Gasteiger partial charge is 0.296 e. The third-order valence-corrected chi connectivity index (χ3v) is 6.78.